The highest BCUT2D eigenvalue weighted by molar-refractivity contribution is 6.22. The number of likely N-dealkylation sites (tertiary alicyclic amines) is 1. The van der Waals surface area contributed by atoms with Crippen LogP contribution in [0.25, 0.3) is 0 Å². The molecule has 2 rings (SSSR count). The van der Waals surface area contributed by atoms with Crippen LogP contribution in [0.3, 0.4) is 0 Å². The molecule has 1 saturated heterocycles. The Bertz CT molecular complexity index is 167. The van der Waals surface area contributed by atoms with Gasteiger partial charge in [-0.05, 0) is 12.8 Å². The Morgan fingerprint density at radius 1 is 1.50 bits per heavy atom. The standard InChI is InChI=1S/C7H10ClNO/c8-5-3-7(10)9(4-5)6-1-2-6/h5-6H,1-4H2. The minimum atomic E-state index is 0.0769. The van der Waals surface area contributed by atoms with Crippen LogP contribution in [0.5, 0.6) is 0 Å². The summed E-state index contributed by atoms with van der Waals surface area (Å²) in [4.78, 5) is 13.0. The first-order chi connectivity index (χ1) is 4.77. The van der Waals surface area contributed by atoms with Crippen molar-refractivity contribution in [3.05, 3.63) is 0 Å². The topological polar surface area (TPSA) is 20.3 Å². The average Bonchev–Trinajstić information content (AvgIpc) is 2.61. The summed E-state index contributed by atoms with van der Waals surface area (Å²) in [6.07, 6.45) is 2.93. The maximum atomic E-state index is 11.1. The molecule has 2 fully saturated rings. The number of halogens is 1. The van der Waals surface area contributed by atoms with Crippen molar-refractivity contribution in [2.75, 3.05) is 6.54 Å². The molecule has 0 aromatic carbocycles. The Labute approximate surface area is 65.1 Å². The van der Waals surface area contributed by atoms with E-state index in [2.05, 4.69) is 0 Å². The molecule has 2 nitrogen and oxygen atoms in total. The summed E-state index contributed by atoms with van der Waals surface area (Å²) in [6.45, 7) is 0.783. The third-order valence-corrected chi connectivity index (χ3v) is 2.39. The highest BCUT2D eigenvalue weighted by Crippen LogP contribution is 2.31. The molecule has 10 heavy (non-hydrogen) atoms. The van der Waals surface area contributed by atoms with E-state index in [0.29, 0.717) is 12.5 Å². The van der Waals surface area contributed by atoms with E-state index < -0.39 is 0 Å². The Morgan fingerprint density at radius 2 is 2.20 bits per heavy atom. The molecule has 3 heteroatoms. The van der Waals surface area contributed by atoms with Crippen molar-refractivity contribution in [3.63, 3.8) is 0 Å². The maximum Gasteiger partial charge on any atom is 0.224 e. The van der Waals surface area contributed by atoms with Crippen molar-refractivity contribution < 1.29 is 4.79 Å². The van der Waals surface area contributed by atoms with E-state index in [1.807, 2.05) is 4.90 Å². The number of hydrogen-bond acceptors (Lipinski definition) is 1. The summed E-state index contributed by atoms with van der Waals surface area (Å²) in [5.74, 6) is 0.252. The zero-order valence-electron chi connectivity index (χ0n) is 5.72. The normalized spacial score (nSPS) is 33.5. The third kappa shape index (κ3) is 1.01. The van der Waals surface area contributed by atoms with Crippen molar-refractivity contribution >= 4 is 17.5 Å². The summed E-state index contributed by atoms with van der Waals surface area (Å²) in [6, 6.07) is 0.552. The van der Waals surface area contributed by atoms with Crippen LogP contribution in [0.2, 0.25) is 0 Å². The first-order valence-corrected chi connectivity index (χ1v) is 4.14. The van der Waals surface area contributed by atoms with Crippen molar-refractivity contribution in [2.24, 2.45) is 0 Å². The Hall–Kier alpha value is -0.240. The van der Waals surface area contributed by atoms with Crippen LogP contribution in [-0.2, 0) is 4.79 Å². The van der Waals surface area contributed by atoms with Gasteiger partial charge in [0.2, 0.25) is 5.91 Å². The Morgan fingerprint density at radius 3 is 2.60 bits per heavy atom. The fourth-order valence-electron chi connectivity index (χ4n) is 1.43. The molecule has 0 N–H and O–H groups in total. The molecule has 0 bridgehead atoms. The molecule has 1 aliphatic heterocycles. The van der Waals surface area contributed by atoms with Gasteiger partial charge in [-0.25, -0.2) is 0 Å². The summed E-state index contributed by atoms with van der Waals surface area (Å²) in [5, 5.41) is 0.0769. The van der Waals surface area contributed by atoms with Crippen LogP contribution < -0.4 is 0 Å². The second-order valence-electron chi connectivity index (χ2n) is 3.08. The Balaban J connectivity index is 2.01. The number of carbonyl (C=O) groups is 1. The largest absolute Gasteiger partial charge is 0.338 e. The lowest BCUT2D eigenvalue weighted by atomic mass is 10.4. The van der Waals surface area contributed by atoms with Crippen LogP contribution in [0.4, 0.5) is 0 Å². The predicted molar refractivity (Wildman–Crippen MR) is 39.0 cm³/mol. The molecule has 0 aromatic rings. The molecule has 1 aliphatic carbocycles. The lowest BCUT2D eigenvalue weighted by Crippen LogP contribution is -2.27. The summed E-state index contributed by atoms with van der Waals surface area (Å²) < 4.78 is 0. The molecule has 0 radical (unpaired) electrons. The van der Waals surface area contributed by atoms with Gasteiger partial charge in [-0.3, -0.25) is 4.79 Å². The zero-order valence-corrected chi connectivity index (χ0v) is 6.47. The fraction of sp³-hybridized carbons (Fsp3) is 0.857. The Kier molecular flexibility index (Phi) is 1.37. The smallest absolute Gasteiger partial charge is 0.224 e. The van der Waals surface area contributed by atoms with Crippen LogP contribution >= 0.6 is 11.6 Å². The van der Waals surface area contributed by atoms with E-state index in [1.165, 1.54) is 12.8 Å². The van der Waals surface area contributed by atoms with Gasteiger partial charge in [-0.1, -0.05) is 0 Å². The van der Waals surface area contributed by atoms with Gasteiger partial charge >= 0.3 is 0 Å². The first kappa shape index (κ1) is 6.47. The van der Waals surface area contributed by atoms with Crippen molar-refractivity contribution in [3.8, 4) is 0 Å². The minimum absolute atomic E-state index is 0.0769. The number of hydrogen-bond donors (Lipinski definition) is 0. The van der Waals surface area contributed by atoms with E-state index in [-0.39, 0.29) is 11.3 Å². The number of carbonyl (C=O) groups excluding carboxylic acids is 1. The molecule has 1 amide bonds. The molecule has 1 unspecified atom stereocenters. The molecule has 0 aromatic heterocycles. The molecule has 1 atom stereocenters. The average molecular weight is 160 g/mol. The van der Waals surface area contributed by atoms with Gasteiger partial charge in [0.15, 0.2) is 0 Å². The van der Waals surface area contributed by atoms with Gasteiger partial charge in [-0.15, -0.1) is 11.6 Å². The minimum Gasteiger partial charge on any atom is -0.338 e. The molecular weight excluding hydrogens is 150 g/mol. The first-order valence-electron chi connectivity index (χ1n) is 3.71. The quantitative estimate of drug-likeness (QED) is 0.523. The van der Waals surface area contributed by atoms with E-state index in [9.17, 15) is 4.79 Å². The second-order valence-corrected chi connectivity index (χ2v) is 3.70. The van der Waals surface area contributed by atoms with Gasteiger partial charge in [0.1, 0.15) is 0 Å². The number of nitrogens with zero attached hydrogens (tertiary/aromatic N) is 1. The zero-order chi connectivity index (χ0) is 7.14. The summed E-state index contributed by atoms with van der Waals surface area (Å²) >= 11 is 5.81. The van der Waals surface area contributed by atoms with E-state index >= 15 is 0 Å². The van der Waals surface area contributed by atoms with Gasteiger partial charge < -0.3 is 4.90 Å². The molecule has 56 valence electrons. The molecule has 1 saturated carbocycles. The van der Waals surface area contributed by atoms with Crippen molar-refractivity contribution in [1.29, 1.82) is 0 Å². The molecule has 2 aliphatic rings. The van der Waals surface area contributed by atoms with Crippen LogP contribution in [0.15, 0.2) is 0 Å². The lowest BCUT2D eigenvalue weighted by Gasteiger charge is -2.13. The van der Waals surface area contributed by atoms with E-state index in [1.54, 1.807) is 0 Å². The fourth-order valence-corrected chi connectivity index (χ4v) is 1.71. The third-order valence-electron chi connectivity index (χ3n) is 2.10. The SMILES string of the molecule is O=C1CC(Cl)CN1C1CC1. The van der Waals surface area contributed by atoms with Crippen LogP contribution in [0, 0.1) is 0 Å². The van der Waals surface area contributed by atoms with E-state index in [4.69, 9.17) is 11.6 Å². The van der Waals surface area contributed by atoms with Gasteiger partial charge in [0.25, 0.3) is 0 Å². The predicted octanol–water partition coefficient (Wildman–Crippen LogP) is 0.988. The van der Waals surface area contributed by atoms with Crippen LogP contribution in [-0.4, -0.2) is 28.8 Å². The monoisotopic (exact) mass is 159 g/mol. The lowest BCUT2D eigenvalue weighted by molar-refractivity contribution is -0.128. The molecule has 0 spiro atoms. The van der Waals surface area contributed by atoms with Gasteiger partial charge in [0.05, 0.1) is 5.38 Å². The summed E-state index contributed by atoms with van der Waals surface area (Å²) in [7, 11) is 0. The number of amides is 1. The van der Waals surface area contributed by atoms with Gasteiger partial charge in [0, 0.05) is 19.0 Å². The molecular formula is C7H10ClNO. The number of rotatable bonds is 1. The van der Waals surface area contributed by atoms with Crippen LogP contribution in [0.1, 0.15) is 19.3 Å². The molecule has 1 heterocycles. The highest BCUT2D eigenvalue weighted by Gasteiger charge is 2.38. The maximum absolute atomic E-state index is 11.1. The van der Waals surface area contributed by atoms with Gasteiger partial charge in [-0.2, -0.15) is 0 Å². The second kappa shape index (κ2) is 2.12. The van der Waals surface area contributed by atoms with Crippen molar-refractivity contribution in [1.82, 2.24) is 4.90 Å². The summed E-state index contributed by atoms with van der Waals surface area (Å²) in [5.41, 5.74) is 0. The van der Waals surface area contributed by atoms with Crippen molar-refractivity contribution in [2.45, 2.75) is 30.7 Å². The van der Waals surface area contributed by atoms with E-state index in [0.717, 1.165) is 6.54 Å². The highest BCUT2D eigenvalue weighted by atomic mass is 35.5. The number of alkyl halides is 1.